The van der Waals surface area contributed by atoms with Crippen molar-refractivity contribution in [3.05, 3.63) is 287 Å². The van der Waals surface area contributed by atoms with Crippen LogP contribution in [0.4, 0.5) is 0 Å². The number of fused-ring (bicyclic) bond motifs is 9. The van der Waals surface area contributed by atoms with Crippen LogP contribution in [-0.4, -0.2) is 29.5 Å². The van der Waals surface area contributed by atoms with Gasteiger partial charge in [0.15, 0.2) is 11.6 Å². The molecule has 6 heteroatoms. The van der Waals surface area contributed by atoms with Gasteiger partial charge in [-0.25, -0.2) is 19.5 Å². The van der Waals surface area contributed by atoms with Gasteiger partial charge in [-0.2, -0.15) is 9.97 Å². The van der Waals surface area contributed by atoms with Crippen LogP contribution >= 0.6 is 0 Å². The molecule has 0 N–H and O–H groups in total. The molecule has 0 radical (unpaired) electrons. The molecule has 0 fully saturated rings. The maximum Gasteiger partial charge on any atom is 0.241 e. The summed E-state index contributed by atoms with van der Waals surface area (Å²) in [5.74, 6) is 1.55. The highest BCUT2D eigenvalue weighted by molar-refractivity contribution is 6.06. The molecule has 4 heterocycles. The summed E-state index contributed by atoms with van der Waals surface area (Å²) in [7, 11) is 0. The average molecular weight is 881 g/mol. The van der Waals surface area contributed by atoms with E-state index in [9.17, 15) is 0 Å². The lowest BCUT2D eigenvalue weighted by molar-refractivity contribution is 0.768. The number of hydrogen-bond donors (Lipinski definition) is 0. The Labute approximate surface area is 399 Å². The van der Waals surface area contributed by atoms with Crippen molar-refractivity contribution >= 4 is 22.1 Å². The zero-order chi connectivity index (χ0) is 45.5. The van der Waals surface area contributed by atoms with E-state index in [1.807, 2.05) is 29.1 Å². The lowest BCUT2D eigenvalue weighted by Gasteiger charge is -2.33. The van der Waals surface area contributed by atoms with Crippen molar-refractivity contribution < 1.29 is 0 Å². The van der Waals surface area contributed by atoms with Crippen molar-refractivity contribution in [2.75, 3.05) is 0 Å². The molecule has 6 nitrogen and oxygen atoms in total. The van der Waals surface area contributed by atoms with E-state index in [-0.39, 0.29) is 0 Å². The van der Waals surface area contributed by atoms with Crippen LogP contribution < -0.4 is 0 Å². The molecule has 0 unspecified atom stereocenters. The second-order valence-electron chi connectivity index (χ2n) is 17.9. The number of rotatable bonds is 7. The lowest BCUT2D eigenvalue weighted by atomic mass is 9.67. The first-order valence-corrected chi connectivity index (χ1v) is 23.4. The third-order valence-electron chi connectivity index (χ3n) is 14.5. The van der Waals surface area contributed by atoms with Crippen molar-refractivity contribution in [2.24, 2.45) is 0 Å². The molecule has 0 aliphatic heterocycles. The lowest BCUT2D eigenvalue weighted by Crippen LogP contribution is -2.28. The summed E-state index contributed by atoms with van der Waals surface area (Å²) in [4.78, 5) is 26.0. The maximum atomic E-state index is 5.44. The Morgan fingerprint density at radius 3 is 1.07 bits per heavy atom. The molecule has 14 rings (SSSR count). The van der Waals surface area contributed by atoms with E-state index >= 15 is 0 Å². The van der Waals surface area contributed by atoms with Gasteiger partial charge in [0, 0.05) is 34.3 Å². The number of benzene rings is 8. The number of pyridine rings is 2. The number of nitrogens with zero attached hydrogens (tertiary/aromatic N) is 6. The molecular formula is C63H40N6. The fourth-order valence-corrected chi connectivity index (χ4v) is 11.8. The molecule has 2 aliphatic carbocycles. The Hall–Kier alpha value is -9.13. The Morgan fingerprint density at radius 2 is 0.667 bits per heavy atom. The van der Waals surface area contributed by atoms with E-state index < -0.39 is 10.8 Å². The van der Waals surface area contributed by atoms with Crippen molar-refractivity contribution in [3.63, 3.8) is 0 Å². The largest absolute Gasteiger partial charge is 0.245 e. The molecule has 0 saturated carbocycles. The van der Waals surface area contributed by atoms with Crippen molar-refractivity contribution in [3.8, 4) is 51.0 Å². The smallest absolute Gasteiger partial charge is 0.241 e. The van der Waals surface area contributed by atoms with Crippen LogP contribution in [0.25, 0.3) is 73.0 Å². The fourth-order valence-electron chi connectivity index (χ4n) is 11.8. The van der Waals surface area contributed by atoms with Crippen molar-refractivity contribution in [1.29, 1.82) is 0 Å². The minimum atomic E-state index is -0.530. The third kappa shape index (κ3) is 5.57. The van der Waals surface area contributed by atoms with Crippen LogP contribution in [0.15, 0.2) is 243 Å². The zero-order valence-electron chi connectivity index (χ0n) is 37.3. The topological polar surface area (TPSA) is 69.4 Å². The minimum Gasteiger partial charge on any atom is -0.245 e. The van der Waals surface area contributed by atoms with E-state index in [0.29, 0.717) is 17.6 Å². The summed E-state index contributed by atoms with van der Waals surface area (Å²) in [6.07, 6.45) is 3.63. The normalized spacial score (nSPS) is 13.7. The first-order valence-electron chi connectivity index (χ1n) is 23.4. The van der Waals surface area contributed by atoms with Crippen LogP contribution in [0, 0.1) is 0 Å². The molecule has 12 aromatic rings. The molecule has 0 spiro atoms. The van der Waals surface area contributed by atoms with Gasteiger partial charge in [-0.3, -0.25) is 0 Å². The van der Waals surface area contributed by atoms with E-state index in [1.54, 1.807) is 0 Å². The molecule has 69 heavy (non-hydrogen) atoms. The average Bonchev–Trinajstić information content (AvgIpc) is 4.04. The monoisotopic (exact) mass is 880 g/mol. The summed E-state index contributed by atoms with van der Waals surface area (Å²) in [5.41, 5.74) is 16.6. The van der Waals surface area contributed by atoms with Gasteiger partial charge in [0.25, 0.3) is 0 Å². The summed E-state index contributed by atoms with van der Waals surface area (Å²) in [5, 5.41) is 1.95. The fraction of sp³-hybridized carbons (Fsp3) is 0.0317. The Bertz CT molecular complexity index is 3630. The molecular weight excluding hydrogens is 841 g/mol. The third-order valence-corrected chi connectivity index (χ3v) is 14.5. The van der Waals surface area contributed by atoms with Gasteiger partial charge in [-0.05, 0) is 103 Å². The van der Waals surface area contributed by atoms with Crippen LogP contribution in [0.2, 0.25) is 0 Å². The molecule has 8 aromatic carbocycles. The summed E-state index contributed by atoms with van der Waals surface area (Å²) in [6.45, 7) is 0. The Kier molecular flexibility index (Phi) is 8.61. The molecule has 0 saturated heterocycles. The Morgan fingerprint density at radius 1 is 0.304 bits per heavy atom. The highest BCUT2D eigenvalue weighted by Gasteiger charge is 2.47. The second-order valence-corrected chi connectivity index (χ2v) is 17.9. The summed E-state index contributed by atoms with van der Waals surface area (Å²) < 4.78 is 1.98. The first kappa shape index (κ1) is 39.1. The van der Waals surface area contributed by atoms with Gasteiger partial charge in [0.1, 0.15) is 11.3 Å². The van der Waals surface area contributed by atoms with Gasteiger partial charge < -0.3 is 0 Å². The van der Waals surface area contributed by atoms with Crippen LogP contribution in [0.1, 0.15) is 44.5 Å². The van der Waals surface area contributed by atoms with E-state index in [4.69, 9.17) is 24.9 Å². The van der Waals surface area contributed by atoms with Crippen LogP contribution in [0.5, 0.6) is 0 Å². The van der Waals surface area contributed by atoms with Crippen molar-refractivity contribution in [1.82, 2.24) is 29.5 Å². The van der Waals surface area contributed by atoms with Crippen LogP contribution in [0.3, 0.4) is 0 Å². The molecule has 0 amide bonds. The highest BCUT2D eigenvalue weighted by Crippen LogP contribution is 2.58. The molecule has 0 bridgehead atoms. The molecule has 0 atom stereocenters. The van der Waals surface area contributed by atoms with Gasteiger partial charge in [0.2, 0.25) is 5.95 Å². The SMILES string of the molecule is c1ccc(C2(c3ccccc3)c3ccccc3-c3cc(-c4nc(-c5ccc6c(c5)-c5ccccc5C6(c5ccccc5)c5ccccc5)nc(-n5c6ncccc6c6cccnc65)n4)ccc32)cc1. The summed E-state index contributed by atoms with van der Waals surface area (Å²) >= 11 is 0. The molecule has 4 aromatic heterocycles. The first-order chi connectivity index (χ1) is 34.2. The van der Waals surface area contributed by atoms with Gasteiger partial charge in [-0.15, -0.1) is 0 Å². The standard InChI is InChI=1S/C63H40N6/c1-5-19-43(20-6-1)62(44-21-7-2-8-22-44)53-31-15-13-27-47(53)51-39-41(33-35-55(51)62)57-66-58(68-61(67-57)69-59-49(29-17-37-64-59)50-30-18-38-65-60(50)69)42-34-36-56-52(40-42)48-28-14-16-32-54(48)63(56,45-23-9-3-10-24-45)46-25-11-4-12-26-46/h1-40H. The highest BCUT2D eigenvalue weighted by atomic mass is 15.2. The predicted molar refractivity (Wildman–Crippen MR) is 275 cm³/mol. The maximum absolute atomic E-state index is 5.44. The molecule has 2 aliphatic rings. The van der Waals surface area contributed by atoms with E-state index in [2.05, 4.69) is 218 Å². The van der Waals surface area contributed by atoms with Gasteiger partial charge in [-0.1, -0.05) is 194 Å². The van der Waals surface area contributed by atoms with E-state index in [1.165, 1.54) is 55.6 Å². The molecule has 322 valence electrons. The predicted octanol–water partition coefficient (Wildman–Crippen LogP) is 13.8. The number of hydrogen-bond acceptors (Lipinski definition) is 5. The van der Waals surface area contributed by atoms with Crippen molar-refractivity contribution in [2.45, 2.75) is 10.8 Å². The quantitative estimate of drug-likeness (QED) is 0.159. The van der Waals surface area contributed by atoms with Crippen LogP contribution in [-0.2, 0) is 10.8 Å². The Balaban J connectivity index is 1.02. The summed E-state index contributed by atoms with van der Waals surface area (Å²) in [6, 6.07) is 82.8. The minimum absolute atomic E-state index is 0.444. The number of aromatic nitrogens is 6. The van der Waals surface area contributed by atoms with E-state index in [0.717, 1.165) is 44.3 Å². The van der Waals surface area contributed by atoms with Gasteiger partial charge in [0.05, 0.1) is 10.8 Å². The zero-order valence-corrected chi connectivity index (χ0v) is 37.3. The van der Waals surface area contributed by atoms with Gasteiger partial charge >= 0.3 is 0 Å². The second kappa shape index (κ2) is 15.2.